The van der Waals surface area contributed by atoms with Crippen LogP contribution in [0.5, 0.6) is 0 Å². The predicted molar refractivity (Wildman–Crippen MR) is 173 cm³/mol. The molecule has 2 aliphatic rings. The maximum absolute atomic E-state index is 14.2. The molecule has 13 nitrogen and oxygen atoms in total. The summed E-state index contributed by atoms with van der Waals surface area (Å²) in [6.07, 6.45) is -0.484. The van der Waals surface area contributed by atoms with Gasteiger partial charge in [0.25, 0.3) is 0 Å². The third-order valence-electron chi connectivity index (χ3n) is 8.56. The monoisotopic (exact) mass is 682 g/mol. The minimum absolute atomic E-state index is 0.0315. The molecule has 0 aromatic heterocycles. The summed E-state index contributed by atoms with van der Waals surface area (Å²) in [4.78, 5) is 14.1. The van der Waals surface area contributed by atoms with E-state index in [1.807, 2.05) is 44.2 Å². The van der Waals surface area contributed by atoms with Crippen LogP contribution in [0.3, 0.4) is 0 Å². The highest BCUT2D eigenvalue weighted by Gasteiger charge is 2.49. The Morgan fingerprint density at radius 1 is 1.11 bits per heavy atom. The smallest absolute Gasteiger partial charge is 0.407 e. The first-order valence-electron chi connectivity index (χ1n) is 15.3. The number of hydrogen-bond donors (Lipinski definition) is 4. The number of hydrogen-bond acceptors (Lipinski definition) is 9. The molecule has 0 radical (unpaired) electrons. The lowest BCUT2D eigenvalue weighted by Crippen LogP contribution is -2.58. The number of carboxylic acid groups (broad SMARTS) is 1. The second-order valence-corrected chi connectivity index (χ2v) is 16.7. The van der Waals surface area contributed by atoms with Crippen molar-refractivity contribution in [2.45, 2.75) is 68.9 Å². The summed E-state index contributed by atoms with van der Waals surface area (Å²) in [5.41, 5.74) is 6.31. The number of nitrogens with zero attached hydrogens (tertiary/aromatic N) is 2. The molecule has 46 heavy (non-hydrogen) atoms. The van der Waals surface area contributed by atoms with Gasteiger partial charge in [0.05, 0.1) is 42.6 Å². The van der Waals surface area contributed by atoms with E-state index in [4.69, 9.17) is 15.2 Å². The minimum Gasteiger partial charge on any atom is -0.465 e. The van der Waals surface area contributed by atoms with Crippen LogP contribution in [0.2, 0.25) is 0 Å². The van der Waals surface area contributed by atoms with Crippen LogP contribution in [0, 0.1) is 11.3 Å². The summed E-state index contributed by atoms with van der Waals surface area (Å²) in [5.74, 6) is -0.215. The number of aliphatic hydroxyl groups is 1. The Morgan fingerprint density at radius 2 is 1.83 bits per heavy atom. The molecule has 256 valence electrons. The zero-order chi connectivity index (χ0) is 33.7. The van der Waals surface area contributed by atoms with E-state index in [0.717, 1.165) is 11.8 Å². The summed E-state index contributed by atoms with van der Waals surface area (Å²) >= 11 is 0. The van der Waals surface area contributed by atoms with Crippen LogP contribution in [-0.2, 0) is 35.9 Å². The van der Waals surface area contributed by atoms with Crippen molar-refractivity contribution in [2.75, 3.05) is 44.8 Å². The molecule has 4 rings (SSSR count). The van der Waals surface area contributed by atoms with Crippen molar-refractivity contribution < 1.29 is 41.3 Å². The van der Waals surface area contributed by atoms with E-state index in [-0.39, 0.29) is 42.6 Å². The molecule has 2 aliphatic heterocycles. The number of anilines is 1. The topological polar surface area (TPSA) is 189 Å². The van der Waals surface area contributed by atoms with Crippen LogP contribution in [0.4, 0.5) is 10.5 Å². The fourth-order valence-electron chi connectivity index (χ4n) is 6.32. The summed E-state index contributed by atoms with van der Waals surface area (Å²) in [5, 5.41) is 22.5. The number of rotatable bonds is 16. The third kappa shape index (κ3) is 9.40. The molecule has 1 amide bonds. The number of carbonyl (C=O) groups is 1. The van der Waals surface area contributed by atoms with E-state index in [0.29, 0.717) is 25.9 Å². The standard InChI is InChI=1S/C31H46N4O9S2/c1-31(2,14-8-15-33-45(3,39)40)21-34(46(41,42)24-12-7-11-23(32)18-24)19-28(36)26(17-22-9-5-4-6-10-22)35(30(37)38)27-20-44-29-25(27)13-16-43-29/h4-7,9-12,18,25-29,33,36H,8,13-17,19-21,32H2,1-3H3,(H,37,38)/t25-,26-,27-,28+,29+/m0/s1. The van der Waals surface area contributed by atoms with Gasteiger partial charge >= 0.3 is 6.09 Å². The average molecular weight is 683 g/mol. The number of nitrogens with two attached hydrogens (primary N) is 1. The molecule has 5 atom stereocenters. The Bertz CT molecular complexity index is 1540. The second kappa shape index (κ2) is 15.0. The molecule has 0 aliphatic carbocycles. The number of ether oxygens (including phenoxy) is 2. The van der Waals surface area contributed by atoms with Gasteiger partial charge in [0.1, 0.15) is 0 Å². The van der Waals surface area contributed by atoms with Gasteiger partial charge in [0, 0.05) is 31.2 Å². The average Bonchev–Trinajstić information content (AvgIpc) is 3.60. The normalized spacial score (nSPS) is 21.6. The van der Waals surface area contributed by atoms with Gasteiger partial charge in [0.15, 0.2) is 6.29 Å². The maximum atomic E-state index is 14.2. The van der Waals surface area contributed by atoms with E-state index < -0.39 is 62.6 Å². The molecule has 2 aromatic rings. The van der Waals surface area contributed by atoms with Gasteiger partial charge < -0.3 is 25.4 Å². The molecule has 5 N–H and O–H groups in total. The lowest BCUT2D eigenvalue weighted by atomic mass is 9.87. The number of aliphatic hydroxyl groups excluding tert-OH is 1. The first-order chi connectivity index (χ1) is 21.6. The van der Waals surface area contributed by atoms with E-state index in [1.165, 1.54) is 27.4 Å². The van der Waals surface area contributed by atoms with E-state index in [2.05, 4.69) is 4.72 Å². The zero-order valence-corrected chi connectivity index (χ0v) is 28.1. The van der Waals surface area contributed by atoms with Crippen LogP contribution < -0.4 is 10.5 Å². The lowest BCUT2D eigenvalue weighted by molar-refractivity contribution is -0.0906. The zero-order valence-electron chi connectivity index (χ0n) is 26.5. The SMILES string of the molecule is CC(C)(CCCNS(C)(=O)=O)CN(C[C@@H](O)[C@H](Cc1ccccc1)N(C(=O)O)[C@H]1CO[C@H]2OCC[C@H]21)S(=O)(=O)c1cccc(N)c1. The fourth-order valence-corrected chi connectivity index (χ4v) is 8.53. The number of sulfonamides is 2. The number of nitrogen functional groups attached to an aromatic ring is 1. The molecule has 0 spiro atoms. The highest BCUT2D eigenvalue weighted by atomic mass is 32.2. The molecular weight excluding hydrogens is 636 g/mol. The number of amides is 1. The van der Waals surface area contributed by atoms with Crippen molar-refractivity contribution in [2.24, 2.45) is 11.3 Å². The predicted octanol–water partition coefficient (Wildman–Crippen LogP) is 2.33. The minimum atomic E-state index is -4.22. The maximum Gasteiger partial charge on any atom is 0.407 e. The molecule has 0 saturated carbocycles. The Morgan fingerprint density at radius 3 is 2.48 bits per heavy atom. The Balaban J connectivity index is 1.67. The second-order valence-electron chi connectivity index (χ2n) is 12.9. The molecule has 15 heteroatoms. The molecule has 2 heterocycles. The van der Waals surface area contributed by atoms with Crippen molar-refractivity contribution in [3.05, 3.63) is 60.2 Å². The van der Waals surface area contributed by atoms with Crippen LogP contribution in [-0.4, -0.2) is 106 Å². The summed E-state index contributed by atoms with van der Waals surface area (Å²) in [7, 11) is -7.60. The van der Waals surface area contributed by atoms with Crippen molar-refractivity contribution >= 4 is 31.8 Å². The van der Waals surface area contributed by atoms with Crippen molar-refractivity contribution in [1.82, 2.24) is 13.9 Å². The van der Waals surface area contributed by atoms with Crippen molar-refractivity contribution in [3.8, 4) is 0 Å². The van der Waals surface area contributed by atoms with Gasteiger partial charge in [-0.3, -0.25) is 4.90 Å². The number of fused-ring (bicyclic) bond motifs is 1. The molecular formula is C31H46N4O9S2. The number of benzene rings is 2. The van der Waals surface area contributed by atoms with Gasteiger partial charge in [-0.05, 0) is 54.9 Å². The summed E-state index contributed by atoms with van der Waals surface area (Å²) in [6.45, 7) is 4.02. The lowest BCUT2D eigenvalue weighted by Gasteiger charge is -2.40. The molecule has 2 saturated heterocycles. The Kier molecular flexibility index (Phi) is 11.7. The summed E-state index contributed by atoms with van der Waals surface area (Å²) < 4.78 is 66.4. The first kappa shape index (κ1) is 36.1. The van der Waals surface area contributed by atoms with Crippen LogP contribution in [0.15, 0.2) is 59.5 Å². The molecule has 2 fully saturated rings. The van der Waals surface area contributed by atoms with E-state index in [9.17, 15) is 31.8 Å². The van der Waals surface area contributed by atoms with Gasteiger partial charge in [0.2, 0.25) is 20.0 Å². The molecule has 2 aromatic carbocycles. The van der Waals surface area contributed by atoms with Crippen molar-refractivity contribution in [1.29, 1.82) is 0 Å². The Hall–Kier alpha value is -2.79. The van der Waals surface area contributed by atoms with E-state index >= 15 is 0 Å². The summed E-state index contributed by atoms with van der Waals surface area (Å²) in [6, 6.07) is 13.4. The largest absolute Gasteiger partial charge is 0.465 e. The van der Waals surface area contributed by atoms with Crippen LogP contribution in [0.1, 0.15) is 38.7 Å². The van der Waals surface area contributed by atoms with Gasteiger partial charge in [-0.25, -0.2) is 26.4 Å². The van der Waals surface area contributed by atoms with Gasteiger partial charge in [-0.15, -0.1) is 0 Å². The van der Waals surface area contributed by atoms with Crippen LogP contribution >= 0.6 is 0 Å². The third-order valence-corrected chi connectivity index (χ3v) is 11.1. The Labute approximate surface area is 271 Å². The highest BCUT2D eigenvalue weighted by Crippen LogP contribution is 2.36. The fraction of sp³-hybridized carbons (Fsp3) is 0.581. The van der Waals surface area contributed by atoms with Crippen molar-refractivity contribution in [3.63, 3.8) is 0 Å². The van der Waals surface area contributed by atoms with Gasteiger partial charge in [-0.2, -0.15) is 4.31 Å². The highest BCUT2D eigenvalue weighted by molar-refractivity contribution is 7.89. The molecule has 0 unspecified atom stereocenters. The first-order valence-corrected chi connectivity index (χ1v) is 18.7. The number of nitrogens with one attached hydrogen (secondary N) is 1. The quantitative estimate of drug-likeness (QED) is 0.151. The molecule has 0 bridgehead atoms. The van der Waals surface area contributed by atoms with E-state index in [1.54, 1.807) is 6.07 Å². The van der Waals surface area contributed by atoms with Crippen LogP contribution in [0.25, 0.3) is 0 Å². The van der Waals surface area contributed by atoms with Gasteiger partial charge in [-0.1, -0.05) is 50.2 Å².